The summed E-state index contributed by atoms with van der Waals surface area (Å²) < 4.78 is 11.6. The monoisotopic (exact) mass is 349 g/mol. The van der Waals surface area contributed by atoms with Crippen molar-refractivity contribution in [2.24, 2.45) is 0 Å². The number of halogens is 1. The molecule has 0 spiro atoms. The summed E-state index contributed by atoms with van der Waals surface area (Å²) in [7, 11) is 0. The second kappa shape index (κ2) is 9.52. The van der Waals surface area contributed by atoms with Crippen LogP contribution in [-0.4, -0.2) is 24.4 Å². The van der Waals surface area contributed by atoms with E-state index in [-0.39, 0.29) is 6.10 Å². The summed E-state index contributed by atoms with van der Waals surface area (Å²) >= 11 is 5.99. The first-order valence-electron chi connectivity index (χ1n) is 8.10. The van der Waals surface area contributed by atoms with Gasteiger partial charge >= 0.3 is 0 Å². The molecule has 4 nitrogen and oxygen atoms in total. The van der Waals surface area contributed by atoms with E-state index in [4.69, 9.17) is 21.1 Å². The van der Waals surface area contributed by atoms with Crippen LogP contribution in [0.2, 0.25) is 5.02 Å². The summed E-state index contributed by atoms with van der Waals surface area (Å²) in [6.07, 6.45) is -0.364. The zero-order valence-corrected chi connectivity index (χ0v) is 14.8. The van der Waals surface area contributed by atoms with Crippen molar-refractivity contribution < 1.29 is 14.6 Å². The van der Waals surface area contributed by atoms with Crippen molar-refractivity contribution in [3.63, 3.8) is 0 Å². The van der Waals surface area contributed by atoms with Gasteiger partial charge in [-0.1, -0.05) is 29.8 Å². The van der Waals surface area contributed by atoms with E-state index in [1.54, 1.807) is 6.92 Å². The van der Waals surface area contributed by atoms with Gasteiger partial charge in [0.25, 0.3) is 0 Å². The van der Waals surface area contributed by atoms with Crippen LogP contribution >= 0.6 is 11.6 Å². The van der Waals surface area contributed by atoms with Crippen LogP contribution in [0.15, 0.2) is 42.5 Å². The summed E-state index contributed by atoms with van der Waals surface area (Å²) in [5.74, 6) is 1.42. The number of benzene rings is 2. The molecule has 0 aliphatic rings. The van der Waals surface area contributed by atoms with E-state index in [2.05, 4.69) is 5.32 Å². The van der Waals surface area contributed by atoms with E-state index in [1.807, 2.05) is 49.4 Å². The van der Waals surface area contributed by atoms with E-state index < -0.39 is 0 Å². The van der Waals surface area contributed by atoms with E-state index in [9.17, 15) is 5.11 Å². The highest BCUT2D eigenvalue weighted by atomic mass is 35.5. The maximum Gasteiger partial charge on any atom is 0.161 e. The summed E-state index contributed by atoms with van der Waals surface area (Å²) in [4.78, 5) is 0. The van der Waals surface area contributed by atoms with Crippen LogP contribution in [0.3, 0.4) is 0 Å². The van der Waals surface area contributed by atoms with Crippen LogP contribution in [-0.2, 0) is 13.2 Å². The fourth-order valence-corrected chi connectivity index (χ4v) is 2.48. The number of nitrogens with one attached hydrogen (secondary N) is 1. The second-order valence-corrected chi connectivity index (χ2v) is 6.05. The smallest absolute Gasteiger partial charge is 0.161 e. The first-order valence-corrected chi connectivity index (χ1v) is 8.48. The molecule has 0 bridgehead atoms. The fourth-order valence-electron chi connectivity index (χ4n) is 2.26. The third kappa shape index (κ3) is 6.04. The van der Waals surface area contributed by atoms with Gasteiger partial charge in [-0.25, -0.2) is 0 Å². The Morgan fingerprint density at radius 2 is 1.92 bits per heavy atom. The average molecular weight is 350 g/mol. The molecule has 0 aliphatic carbocycles. The van der Waals surface area contributed by atoms with Crippen molar-refractivity contribution in [2.45, 2.75) is 33.1 Å². The minimum atomic E-state index is -0.364. The predicted molar refractivity (Wildman–Crippen MR) is 96.8 cm³/mol. The standard InChI is InChI=1S/C19H24ClNO3/c1-3-23-19-10-15(12-21-11-14(2)22)7-8-18(19)24-13-16-5-4-6-17(20)9-16/h4-10,14,21-22H,3,11-13H2,1-2H3/t14-/m0/s1. The topological polar surface area (TPSA) is 50.7 Å². The van der Waals surface area contributed by atoms with Crippen LogP contribution in [0.4, 0.5) is 0 Å². The minimum Gasteiger partial charge on any atom is -0.490 e. The molecule has 2 aromatic rings. The Labute approximate surface area is 148 Å². The van der Waals surface area contributed by atoms with Crippen molar-refractivity contribution in [1.82, 2.24) is 5.32 Å². The number of aliphatic hydroxyl groups excluding tert-OH is 1. The van der Waals surface area contributed by atoms with Crippen LogP contribution in [0.5, 0.6) is 11.5 Å². The number of hydrogen-bond donors (Lipinski definition) is 2. The number of aliphatic hydroxyl groups is 1. The molecule has 0 aliphatic heterocycles. The van der Waals surface area contributed by atoms with E-state index in [1.165, 1.54) is 0 Å². The summed E-state index contributed by atoms with van der Waals surface area (Å²) in [6.45, 7) is 5.92. The largest absolute Gasteiger partial charge is 0.490 e. The molecule has 0 fully saturated rings. The summed E-state index contributed by atoms with van der Waals surface area (Å²) in [6, 6.07) is 13.5. The van der Waals surface area contributed by atoms with E-state index in [0.29, 0.717) is 37.1 Å². The normalized spacial score (nSPS) is 12.0. The van der Waals surface area contributed by atoms with Gasteiger partial charge in [0, 0.05) is 18.1 Å². The second-order valence-electron chi connectivity index (χ2n) is 5.61. The lowest BCUT2D eigenvalue weighted by Crippen LogP contribution is -2.23. The van der Waals surface area contributed by atoms with Gasteiger partial charge in [0.2, 0.25) is 0 Å². The summed E-state index contributed by atoms with van der Waals surface area (Å²) in [5, 5.41) is 13.2. The van der Waals surface area contributed by atoms with Gasteiger partial charge in [-0.15, -0.1) is 0 Å². The molecule has 2 N–H and O–H groups in total. The van der Waals surface area contributed by atoms with Crippen LogP contribution in [0.1, 0.15) is 25.0 Å². The van der Waals surface area contributed by atoms with Gasteiger partial charge in [0.15, 0.2) is 11.5 Å². The Balaban J connectivity index is 2.02. The third-order valence-corrected chi connectivity index (χ3v) is 3.60. The van der Waals surface area contributed by atoms with E-state index >= 15 is 0 Å². The quantitative estimate of drug-likeness (QED) is 0.723. The SMILES string of the molecule is CCOc1cc(CNC[C@H](C)O)ccc1OCc1cccc(Cl)c1. The van der Waals surface area contributed by atoms with Crippen molar-refractivity contribution >= 4 is 11.6 Å². The Kier molecular flexibility index (Phi) is 7.37. The number of ether oxygens (including phenoxy) is 2. The van der Waals surface area contributed by atoms with Gasteiger partial charge < -0.3 is 19.9 Å². The molecule has 5 heteroatoms. The Morgan fingerprint density at radius 1 is 1.08 bits per heavy atom. The highest BCUT2D eigenvalue weighted by Crippen LogP contribution is 2.29. The molecule has 0 saturated carbocycles. The van der Waals surface area contributed by atoms with Crippen LogP contribution < -0.4 is 14.8 Å². The molecule has 0 saturated heterocycles. The van der Waals surface area contributed by atoms with Crippen molar-refractivity contribution in [1.29, 1.82) is 0 Å². The molecule has 1 atom stereocenters. The Bertz CT molecular complexity index is 646. The molecule has 0 unspecified atom stereocenters. The first kappa shape index (κ1) is 18.6. The van der Waals surface area contributed by atoms with Crippen molar-refractivity contribution in [3.05, 3.63) is 58.6 Å². The highest BCUT2D eigenvalue weighted by Gasteiger charge is 2.08. The Morgan fingerprint density at radius 3 is 2.62 bits per heavy atom. The zero-order chi connectivity index (χ0) is 17.4. The minimum absolute atomic E-state index is 0.364. The maximum atomic E-state index is 9.29. The molecule has 24 heavy (non-hydrogen) atoms. The van der Waals surface area contributed by atoms with Crippen molar-refractivity contribution in [2.75, 3.05) is 13.2 Å². The molecule has 0 amide bonds. The van der Waals surface area contributed by atoms with Gasteiger partial charge in [0.05, 0.1) is 12.7 Å². The molecule has 130 valence electrons. The van der Waals surface area contributed by atoms with Gasteiger partial charge in [0.1, 0.15) is 6.61 Å². The first-order chi connectivity index (χ1) is 11.6. The average Bonchev–Trinajstić information content (AvgIpc) is 2.54. The lowest BCUT2D eigenvalue weighted by molar-refractivity contribution is 0.191. The zero-order valence-electron chi connectivity index (χ0n) is 14.1. The lowest BCUT2D eigenvalue weighted by atomic mass is 10.2. The summed E-state index contributed by atoms with van der Waals surface area (Å²) in [5.41, 5.74) is 2.09. The van der Waals surface area contributed by atoms with Gasteiger partial charge in [-0.3, -0.25) is 0 Å². The fraction of sp³-hybridized carbons (Fsp3) is 0.368. The molecular formula is C19H24ClNO3. The molecule has 0 radical (unpaired) electrons. The third-order valence-electron chi connectivity index (χ3n) is 3.36. The van der Waals surface area contributed by atoms with Crippen LogP contribution in [0.25, 0.3) is 0 Å². The lowest BCUT2D eigenvalue weighted by Gasteiger charge is -2.14. The number of rotatable bonds is 9. The van der Waals surface area contributed by atoms with Gasteiger partial charge in [-0.2, -0.15) is 0 Å². The highest BCUT2D eigenvalue weighted by molar-refractivity contribution is 6.30. The van der Waals surface area contributed by atoms with Crippen molar-refractivity contribution in [3.8, 4) is 11.5 Å². The molecule has 0 aromatic heterocycles. The van der Waals surface area contributed by atoms with E-state index in [0.717, 1.165) is 16.9 Å². The maximum absolute atomic E-state index is 9.29. The predicted octanol–water partition coefficient (Wildman–Crippen LogP) is 3.79. The van der Waals surface area contributed by atoms with Crippen LogP contribution in [0, 0.1) is 0 Å². The molecule has 2 rings (SSSR count). The number of hydrogen-bond acceptors (Lipinski definition) is 4. The molecule has 2 aromatic carbocycles. The van der Waals surface area contributed by atoms with Gasteiger partial charge in [-0.05, 0) is 49.2 Å². The Hall–Kier alpha value is -1.75. The molecule has 0 heterocycles. The molecular weight excluding hydrogens is 326 g/mol.